The molecule has 2 heterocycles. The molecule has 1 saturated heterocycles. The number of carbonyl (C=O) groups is 2. The first kappa shape index (κ1) is 18.9. The highest BCUT2D eigenvalue weighted by atomic mass is 16.2. The number of nitrogens with one attached hydrogen (secondary N) is 2. The molecule has 142 valence electrons. The van der Waals surface area contributed by atoms with Crippen molar-refractivity contribution >= 4 is 11.9 Å². The topological polar surface area (TPSA) is 74.3 Å². The molecule has 0 bridgehead atoms. The second-order valence-electron chi connectivity index (χ2n) is 6.87. The van der Waals surface area contributed by atoms with Crippen LogP contribution in [0, 0.1) is 5.92 Å². The number of hydrogen-bond acceptors (Lipinski definition) is 3. The zero-order chi connectivity index (χ0) is 18.9. The first-order chi connectivity index (χ1) is 13.2. The van der Waals surface area contributed by atoms with E-state index in [1.54, 1.807) is 24.5 Å². The number of carbonyl (C=O) groups excluding carboxylic acids is 2. The van der Waals surface area contributed by atoms with Crippen LogP contribution in [0.1, 0.15) is 28.8 Å². The van der Waals surface area contributed by atoms with E-state index in [-0.39, 0.29) is 17.9 Å². The second-order valence-corrected chi connectivity index (χ2v) is 6.87. The summed E-state index contributed by atoms with van der Waals surface area (Å²) in [6, 6.07) is 13.6. The number of benzene rings is 1. The molecule has 3 rings (SSSR count). The molecule has 0 saturated carbocycles. The van der Waals surface area contributed by atoms with Crippen molar-refractivity contribution in [2.24, 2.45) is 5.92 Å². The van der Waals surface area contributed by atoms with E-state index in [4.69, 9.17) is 0 Å². The molecule has 1 aliphatic rings. The Morgan fingerprint density at radius 2 is 1.96 bits per heavy atom. The van der Waals surface area contributed by atoms with E-state index < -0.39 is 0 Å². The van der Waals surface area contributed by atoms with Crippen LogP contribution >= 0.6 is 0 Å². The number of pyridine rings is 1. The van der Waals surface area contributed by atoms with Crippen LogP contribution in [0.3, 0.4) is 0 Å². The maximum absolute atomic E-state index is 12.4. The van der Waals surface area contributed by atoms with Gasteiger partial charge in [-0.3, -0.25) is 9.78 Å². The summed E-state index contributed by atoms with van der Waals surface area (Å²) >= 11 is 0. The molecule has 6 nitrogen and oxygen atoms in total. The predicted molar refractivity (Wildman–Crippen MR) is 104 cm³/mol. The average molecular weight is 366 g/mol. The van der Waals surface area contributed by atoms with Crippen molar-refractivity contribution in [3.05, 3.63) is 66.0 Å². The normalized spacial score (nSPS) is 16.6. The Hall–Kier alpha value is -2.89. The van der Waals surface area contributed by atoms with Gasteiger partial charge in [-0.1, -0.05) is 30.3 Å². The summed E-state index contributed by atoms with van der Waals surface area (Å²) in [4.78, 5) is 30.4. The standard InChI is InChI=1S/C21H26N4O2/c26-20(19-9-4-11-22-15-19)24-14-18-8-5-13-25(16-18)21(27)23-12-10-17-6-2-1-3-7-17/h1-4,6-7,9,11,15,18H,5,8,10,12-14,16H2,(H,23,27)(H,24,26)/t18-/m0/s1. The van der Waals surface area contributed by atoms with E-state index in [1.165, 1.54) is 5.56 Å². The molecule has 0 aliphatic carbocycles. The van der Waals surface area contributed by atoms with E-state index in [0.717, 1.165) is 25.8 Å². The van der Waals surface area contributed by atoms with Gasteiger partial charge in [0, 0.05) is 38.6 Å². The van der Waals surface area contributed by atoms with Crippen LogP contribution in [0.2, 0.25) is 0 Å². The molecule has 0 spiro atoms. The van der Waals surface area contributed by atoms with Crippen LogP contribution < -0.4 is 10.6 Å². The molecule has 1 atom stereocenters. The summed E-state index contributed by atoms with van der Waals surface area (Å²) in [5.74, 6) is 0.159. The Bertz CT molecular complexity index is 736. The Labute approximate surface area is 160 Å². The van der Waals surface area contributed by atoms with E-state index in [9.17, 15) is 9.59 Å². The molecule has 2 aromatic rings. The van der Waals surface area contributed by atoms with Gasteiger partial charge < -0.3 is 15.5 Å². The lowest BCUT2D eigenvalue weighted by Crippen LogP contribution is -2.48. The fourth-order valence-electron chi connectivity index (χ4n) is 3.32. The number of piperidine rings is 1. The van der Waals surface area contributed by atoms with Crippen molar-refractivity contribution in [1.29, 1.82) is 0 Å². The maximum Gasteiger partial charge on any atom is 0.317 e. The lowest BCUT2D eigenvalue weighted by molar-refractivity contribution is 0.0937. The average Bonchev–Trinajstić information content (AvgIpc) is 2.73. The Balaban J connectivity index is 1.40. The quantitative estimate of drug-likeness (QED) is 0.825. The van der Waals surface area contributed by atoms with Gasteiger partial charge in [-0.15, -0.1) is 0 Å². The molecule has 1 fully saturated rings. The minimum atomic E-state index is -0.118. The molecule has 3 amide bonds. The first-order valence-electron chi connectivity index (χ1n) is 9.47. The van der Waals surface area contributed by atoms with Crippen LogP contribution in [-0.2, 0) is 6.42 Å². The highest BCUT2D eigenvalue weighted by molar-refractivity contribution is 5.93. The molecule has 0 radical (unpaired) electrons. The van der Waals surface area contributed by atoms with Gasteiger partial charge in [-0.05, 0) is 42.9 Å². The fourth-order valence-corrected chi connectivity index (χ4v) is 3.32. The van der Waals surface area contributed by atoms with Gasteiger partial charge in [0.25, 0.3) is 5.91 Å². The Kier molecular flexibility index (Phi) is 6.79. The van der Waals surface area contributed by atoms with Gasteiger partial charge in [-0.2, -0.15) is 0 Å². The summed E-state index contributed by atoms with van der Waals surface area (Å²) in [5.41, 5.74) is 1.77. The van der Waals surface area contributed by atoms with Gasteiger partial charge in [0.1, 0.15) is 0 Å². The lowest BCUT2D eigenvalue weighted by Gasteiger charge is -2.33. The molecule has 0 unspecified atom stereocenters. The molecule has 1 aromatic carbocycles. The third-order valence-corrected chi connectivity index (χ3v) is 4.81. The van der Waals surface area contributed by atoms with Crippen LogP contribution in [0.15, 0.2) is 54.9 Å². The van der Waals surface area contributed by atoms with Gasteiger partial charge in [0.15, 0.2) is 0 Å². The molecule has 2 N–H and O–H groups in total. The van der Waals surface area contributed by atoms with E-state index in [2.05, 4.69) is 27.8 Å². The Morgan fingerprint density at radius 3 is 2.74 bits per heavy atom. The summed E-state index contributed by atoms with van der Waals surface area (Å²) in [6.07, 6.45) is 6.00. The third-order valence-electron chi connectivity index (χ3n) is 4.81. The molecular formula is C21H26N4O2. The third kappa shape index (κ3) is 5.81. The molecule has 1 aliphatic heterocycles. The maximum atomic E-state index is 12.4. The summed E-state index contributed by atoms with van der Waals surface area (Å²) in [6.45, 7) is 2.64. The largest absolute Gasteiger partial charge is 0.352 e. The van der Waals surface area contributed by atoms with Gasteiger partial charge in [0.05, 0.1) is 5.56 Å². The van der Waals surface area contributed by atoms with Crippen molar-refractivity contribution < 1.29 is 9.59 Å². The number of rotatable bonds is 6. The summed E-state index contributed by atoms with van der Waals surface area (Å²) in [7, 11) is 0. The van der Waals surface area contributed by atoms with Crippen molar-refractivity contribution in [1.82, 2.24) is 20.5 Å². The molecular weight excluding hydrogens is 340 g/mol. The number of likely N-dealkylation sites (tertiary alicyclic amines) is 1. The number of hydrogen-bond donors (Lipinski definition) is 2. The number of amides is 3. The number of nitrogens with zero attached hydrogens (tertiary/aromatic N) is 2. The summed E-state index contributed by atoms with van der Waals surface area (Å²) in [5, 5.41) is 5.96. The second kappa shape index (κ2) is 9.71. The lowest BCUT2D eigenvalue weighted by atomic mass is 9.98. The number of aromatic nitrogens is 1. The van der Waals surface area contributed by atoms with Crippen LogP contribution in [-0.4, -0.2) is 48.0 Å². The SMILES string of the molecule is O=C(NC[C@@H]1CCCN(C(=O)NCCc2ccccc2)C1)c1cccnc1. The van der Waals surface area contributed by atoms with Gasteiger partial charge >= 0.3 is 6.03 Å². The minimum absolute atomic E-state index is 0.0192. The van der Waals surface area contributed by atoms with Crippen molar-refractivity contribution in [3.63, 3.8) is 0 Å². The highest BCUT2D eigenvalue weighted by Gasteiger charge is 2.23. The number of urea groups is 1. The van der Waals surface area contributed by atoms with Gasteiger partial charge in [0.2, 0.25) is 0 Å². The summed E-state index contributed by atoms with van der Waals surface area (Å²) < 4.78 is 0. The van der Waals surface area contributed by atoms with E-state index in [0.29, 0.717) is 25.2 Å². The highest BCUT2D eigenvalue weighted by Crippen LogP contribution is 2.16. The van der Waals surface area contributed by atoms with Crippen molar-refractivity contribution in [2.75, 3.05) is 26.2 Å². The van der Waals surface area contributed by atoms with Crippen LogP contribution in [0.25, 0.3) is 0 Å². The van der Waals surface area contributed by atoms with Crippen molar-refractivity contribution in [2.45, 2.75) is 19.3 Å². The molecule has 1 aromatic heterocycles. The monoisotopic (exact) mass is 366 g/mol. The van der Waals surface area contributed by atoms with Crippen LogP contribution in [0.5, 0.6) is 0 Å². The molecule has 6 heteroatoms. The minimum Gasteiger partial charge on any atom is -0.352 e. The smallest absolute Gasteiger partial charge is 0.317 e. The first-order valence-corrected chi connectivity index (χ1v) is 9.47. The zero-order valence-corrected chi connectivity index (χ0v) is 15.4. The fraction of sp³-hybridized carbons (Fsp3) is 0.381. The van der Waals surface area contributed by atoms with Crippen molar-refractivity contribution in [3.8, 4) is 0 Å². The molecule has 27 heavy (non-hydrogen) atoms. The predicted octanol–water partition coefficient (Wildman–Crippen LogP) is 2.48. The zero-order valence-electron chi connectivity index (χ0n) is 15.4. The van der Waals surface area contributed by atoms with Crippen LogP contribution in [0.4, 0.5) is 4.79 Å². The van der Waals surface area contributed by atoms with E-state index >= 15 is 0 Å². The van der Waals surface area contributed by atoms with E-state index in [1.807, 2.05) is 23.1 Å². The Morgan fingerprint density at radius 1 is 1.11 bits per heavy atom. The van der Waals surface area contributed by atoms with Gasteiger partial charge in [-0.25, -0.2) is 4.79 Å².